The summed E-state index contributed by atoms with van der Waals surface area (Å²) in [6.45, 7) is 3.06. The number of pyridine rings is 1. The first-order valence-corrected chi connectivity index (χ1v) is 20.5. The number of carboxylic acids is 1. The molecule has 21 nitrogen and oxygen atoms in total. The van der Waals surface area contributed by atoms with Crippen molar-refractivity contribution in [2.24, 2.45) is 17.6 Å². The van der Waals surface area contributed by atoms with Crippen LogP contribution < -0.4 is 35.9 Å². The van der Waals surface area contributed by atoms with Crippen LogP contribution in [0.15, 0.2) is 30.3 Å². The fourth-order valence-corrected chi connectivity index (χ4v) is 7.94. The van der Waals surface area contributed by atoms with Crippen LogP contribution in [0.4, 0.5) is 21.0 Å². The summed E-state index contributed by atoms with van der Waals surface area (Å²) in [6, 6.07) is 6.23. The number of rotatable bonds is 16. The fraction of sp³-hybridized carbons (Fsp3) is 0.452. The summed E-state index contributed by atoms with van der Waals surface area (Å²) < 4.78 is 33.6. The quantitative estimate of drug-likeness (QED) is 0.101. The number of aliphatic hydroxyl groups is 1. The lowest BCUT2D eigenvalue weighted by molar-refractivity contribution is -0.195. The first-order chi connectivity index (χ1) is 30.2. The van der Waals surface area contributed by atoms with E-state index in [4.69, 9.17) is 44.2 Å². The second-order valence-corrected chi connectivity index (χ2v) is 15.4. The lowest BCUT2D eigenvalue weighted by Crippen LogP contribution is -2.42. The Kier molecular flexibility index (Phi) is 13.5. The summed E-state index contributed by atoms with van der Waals surface area (Å²) >= 11 is 0. The Morgan fingerprint density at radius 3 is 2.60 bits per heavy atom. The molecular formula is C42H48N6O15. The highest BCUT2D eigenvalue weighted by Gasteiger charge is 2.43. The Morgan fingerprint density at radius 1 is 1.05 bits per heavy atom. The molecule has 63 heavy (non-hydrogen) atoms. The zero-order valence-corrected chi connectivity index (χ0v) is 34.5. The number of ether oxygens (including phenoxy) is 6. The lowest BCUT2D eigenvalue weighted by atomic mass is 9.89. The number of unbranched alkanes of at least 4 members (excludes halogenated alkanes) is 1. The number of fused-ring (bicyclic) bond motifs is 5. The number of nitrogens with two attached hydrogens (primary N) is 1. The van der Waals surface area contributed by atoms with Gasteiger partial charge in [0, 0.05) is 42.8 Å². The van der Waals surface area contributed by atoms with Gasteiger partial charge in [0.2, 0.25) is 30.8 Å². The molecule has 5 heterocycles. The molecule has 2 aromatic carbocycles. The summed E-state index contributed by atoms with van der Waals surface area (Å²) in [6.07, 6.45) is -2.12. The first kappa shape index (κ1) is 44.3. The van der Waals surface area contributed by atoms with E-state index in [2.05, 4.69) is 16.0 Å². The van der Waals surface area contributed by atoms with Gasteiger partial charge in [-0.15, -0.1) is 0 Å². The Bertz CT molecular complexity index is 2350. The maximum atomic E-state index is 13.8. The molecule has 5 unspecified atom stereocenters. The zero-order valence-electron chi connectivity index (χ0n) is 34.5. The lowest BCUT2D eigenvalue weighted by Gasteiger charge is -2.31. The number of hydrogen-bond acceptors (Lipinski definition) is 15. The monoisotopic (exact) mass is 876 g/mol. The normalized spacial score (nSPS) is 20.9. The molecule has 4 aliphatic rings. The van der Waals surface area contributed by atoms with Crippen LogP contribution in [-0.4, -0.2) is 106 Å². The first-order valence-electron chi connectivity index (χ1n) is 20.5. The average molecular weight is 877 g/mol. The molecule has 1 fully saturated rings. The molecule has 0 spiro atoms. The number of benzene rings is 2. The van der Waals surface area contributed by atoms with Gasteiger partial charge in [0.1, 0.15) is 24.7 Å². The predicted octanol–water partition coefficient (Wildman–Crippen LogP) is 3.43. The van der Waals surface area contributed by atoms with Crippen LogP contribution in [0.25, 0.3) is 16.6 Å². The highest BCUT2D eigenvalue weighted by Crippen LogP contribution is 2.49. The highest BCUT2D eigenvalue weighted by atomic mass is 16.7. The van der Waals surface area contributed by atoms with Gasteiger partial charge >= 0.3 is 18.2 Å². The van der Waals surface area contributed by atoms with Crippen molar-refractivity contribution < 1.29 is 72.5 Å². The van der Waals surface area contributed by atoms with Crippen LogP contribution in [0.5, 0.6) is 17.2 Å². The minimum Gasteiger partial charge on any atom is -0.479 e. The minimum absolute atomic E-state index is 0.0116. The van der Waals surface area contributed by atoms with Gasteiger partial charge in [-0.25, -0.2) is 19.4 Å². The van der Waals surface area contributed by atoms with Crippen molar-refractivity contribution in [3.05, 3.63) is 52.7 Å². The number of anilines is 2. The maximum Gasteiger partial charge on any atom is 0.505 e. The van der Waals surface area contributed by atoms with E-state index < -0.39 is 54.4 Å². The predicted molar refractivity (Wildman–Crippen MR) is 219 cm³/mol. The number of aliphatic carboxylic acids is 1. The Labute approximate surface area is 359 Å². The molecule has 0 bridgehead atoms. The summed E-state index contributed by atoms with van der Waals surface area (Å²) in [5, 5.41) is 37.5. The maximum absolute atomic E-state index is 13.8. The fourth-order valence-electron chi connectivity index (χ4n) is 7.94. The van der Waals surface area contributed by atoms with Crippen LogP contribution in [0.3, 0.4) is 0 Å². The van der Waals surface area contributed by atoms with Gasteiger partial charge in [-0.3, -0.25) is 19.7 Å². The van der Waals surface area contributed by atoms with Crippen LogP contribution >= 0.6 is 0 Å². The molecule has 1 aromatic heterocycles. The molecule has 0 saturated carbocycles. The van der Waals surface area contributed by atoms with Crippen molar-refractivity contribution in [3.8, 4) is 17.2 Å². The number of carbonyl (C=O) groups excluding carboxylic acids is 4. The summed E-state index contributed by atoms with van der Waals surface area (Å²) in [7, 11) is 0. The zero-order chi connectivity index (χ0) is 44.9. The molecule has 5 atom stereocenters. The molecule has 21 heteroatoms. The Morgan fingerprint density at radius 2 is 1.86 bits per heavy atom. The molecule has 336 valence electrons. The van der Waals surface area contributed by atoms with E-state index in [1.165, 1.54) is 12.1 Å². The Hall–Kier alpha value is -6.71. The van der Waals surface area contributed by atoms with Crippen molar-refractivity contribution in [2.75, 3.05) is 37.1 Å². The number of nitrogens with one attached hydrogen (secondary N) is 3. The van der Waals surface area contributed by atoms with Gasteiger partial charge in [-0.05, 0) is 42.0 Å². The highest BCUT2D eigenvalue weighted by molar-refractivity contribution is 6.07. The van der Waals surface area contributed by atoms with Gasteiger partial charge in [0.05, 0.1) is 47.7 Å². The second-order valence-electron chi connectivity index (χ2n) is 15.4. The summed E-state index contributed by atoms with van der Waals surface area (Å²) in [5.74, 6) is -2.92. The summed E-state index contributed by atoms with van der Waals surface area (Å²) in [5.41, 5.74) is 9.39. The molecule has 4 amide bonds. The molecule has 4 aliphatic heterocycles. The third-order valence-electron chi connectivity index (χ3n) is 11.1. The SMILES string of the molecule is CCCCc1c2c(nc3cc4c(c(NC(=O)OCc5ccc(OC6CC(O)CC(C(=O)O)O6)c(NC(=O)CCNC(=O)CN)c5)c13)OCO4)C1=CC(C)C(COC(=O)O)C(=O)N1C2. The third kappa shape index (κ3) is 9.84. The molecular weight excluding hydrogens is 828 g/mol. The van der Waals surface area contributed by atoms with E-state index in [1.54, 1.807) is 17.0 Å². The number of allylic oxidation sites excluding steroid dienone is 1. The standard InChI is InChI=1S/C42H48N6O15/c1-3-4-5-23-24-16-48-28(10-20(2)25(39(48)52)18-59-42(56)57)36(24)46-27-14-30-38(61-19-60-30)37(35(23)27)47-41(55)58-17-21-6-7-29(62-34-13-22(49)12-31(63-34)40(53)54)26(11-21)45-32(50)8-9-44-33(51)15-43/h6-7,10-11,14,20,22,25,31,34,49H,3-5,8-9,12-13,15-19,43H2,1-2H3,(H,44,51)(H,45,50)(H,47,55)(H,53,54)(H,56,57). The molecule has 7 rings (SSSR count). The van der Waals surface area contributed by atoms with Gasteiger partial charge in [-0.2, -0.15) is 0 Å². The minimum atomic E-state index is -1.47. The molecule has 0 radical (unpaired) electrons. The van der Waals surface area contributed by atoms with Crippen molar-refractivity contribution in [1.82, 2.24) is 15.2 Å². The number of carboxylic acid groups (broad SMARTS) is 2. The number of amides is 4. The molecule has 0 aliphatic carbocycles. The van der Waals surface area contributed by atoms with E-state index in [1.807, 2.05) is 19.9 Å². The van der Waals surface area contributed by atoms with E-state index in [0.29, 0.717) is 40.0 Å². The number of aromatic nitrogens is 1. The van der Waals surface area contributed by atoms with Crippen LogP contribution in [0, 0.1) is 11.8 Å². The molecule has 1 saturated heterocycles. The number of aryl methyl sites for hydroxylation is 1. The largest absolute Gasteiger partial charge is 0.505 e. The number of hydrogen-bond donors (Lipinski definition) is 7. The van der Waals surface area contributed by atoms with E-state index in [9.17, 15) is 39.0 Å². The van der Waals surface area contributed by atoms with E-state index >= 15 is 0 Å². The van der Waals surface area contributed by atoms with Crippen molar-refractivity contribution in [1.29, 1.82) is 0 Å². The second kappa shape index (κ2) is 19.1. The van der Waals surface area contributed by atoms with Gasteiger partial charge in [-0.1, -0.05) is 32.4 Å². The average Bonchev–Trinajstić information content (AvgIpc) is 3.87. The smallest absolute Gasteiger partial charge is 0.479 e. The van der Waals surface area contributed by atoms with Gasteiger partial charge in [0.25, 0.3) is 0 Å². The molecule has 8 N–H and O–H groups in total. The van der Waals surface area contributed by atoms with Crippen molar-refractivity contribution >= 4 is 63.9 Å². The van der Waals surface area contributed by atoms with Crippen molar-refractivity contribution in [3.63, 3.8) is 0 Å². The van der Waals surface area contributed by atoms with E-state index in [0.717, 1.165) is 24.0 Å². The van der Waals surface area contributed by atoms with Crippen LogP contribution in [-0.2, 0) is 53.0 Å². The van der Waals surface area contributed by atoms with Crippen LogP contribution in [0.1, 0.15) is 68.3 Å². The van der Waals surface area contributed by atoms with E-state index in [-0.39, 0.29) is 93.6 Å². The topological polar surface area (TPSA) is 297 Å². The van der Waals surface area contributed by atoms with Crippen LogP contribution in [0.2, 0.25) is 0 Å². The number of nitrogens with zero attached hydrogens (tertiary/aromatic N) is 2. The number of aliphatic hydroxyl groups excluding tert-OH is 1. The van der Waals surface area contributed by atoms with Gasteiger partial charge in [0.15, 0.2) is 17.6 Å². The summed E-state index contributed by atoms with van der Waals surface area (Å²) in [4.78, 5) is 81.5. The molecule has 3 aromatic rings. The third-order valence-corrected chi connectivity index (χ3v) is 11.1. The van der Waals surface area contributed by atoms with Crippen molar-refractivity contribution in [2.45, 2.75) is 84.0 Å². The van der Waals surface area contributed by atoms with Gasteiger partial charge < -0.3 is 65.0 Å². The Balaban J connectivity index is 1.15. The number of carbonyl (C=O) groups is 6.